The van der Waals surface area contributed by atoms with Crippen molar-refractivity contribution in [3.05, 3.63) is 0 Å². The van der Waals surface area contributed by atoms with Crippen molar-refractivity contribution >= 4 is 36.8 Å². The Morgan fingerprint density at radius 3 is 1.12 bits per heavy atom. The molecular weight excluding hydrogens is 409 g/mol. The Labute approximate surface area is 153 Å². The topological polar surface area (TPSA) is 144 Å². The normalized spacial score (nSPS) is 11.0. The standard InChI is InChI=1S/C5H15O2PSi.C4H11O2P.CH5O3P.CO2.CH4/c1-8(2,6)7-9(3,4)5;1-4-6-7(2,3)5;1-5(2,3)4;2-1-3;/h1-5H3;4H2,1-3H3;1H3,(H2,2,3,4);;1H4. The first-order chi connectivity index (χ1) is 10.2. The first kappa shape index (κ1) is 36.1. The highest BCUT2D eigenvalue weighted by Gasteiger charge is 2.21. The fraction of sp³-hybridized carbons (Fsp3) is 0.917. The van der Waals surface area contributed by atoms with Crippen LogP contribution >= 0.6 is 22.3 Å². The average Bonchev–Trinajstić information content (AvgIpc) is 2.07. The summed E-state index contributed by atoms with van der Waals surface area (Å²) in [6.07, 6.45) is 0.250. The van der Waals surface area contributed by atoms with Gasteiger partial charge in [-0.05, 0) is 26.6 Å². The Hall–Kier alpha value is 0.127. The van der Waals surface area contributed by atoms with Crippen LogP contribution in [0.25, 0.3) is 0 Å². The van der Waals surface area contributed by atoms with E-state index >= 15 is 0 Å². The van der Waals surface area contributed by atoms with Crippen molar-refractivity contribution in [2.45, 2.75) is 34.0 Å². The summed E-state index contributed by atoms with van der Waals surface area (Å²) in [5.41, 5.74) is 0. The molecule has 0 aromatic rings. The molecule has 2 N–H and O–H groups in total. The van der Waals surface area contributed by atoms with Crippen LogP contribution in [0, 0.1) is 0 Å². The second-order valence-electron chi connectivity index (χ2n) is 6.04. The van der Waals surface area contributed by atoms with Gasteiger partial charge in [-0.1, -0.05) is 7.43 Å². The van der Waals surface area contributed by atoms with Crippen molar-refractivity contribution in [1.82, 2.24) is 0 Å². The minimum Gasteiger partial charge on any atom is -0.371 e. The predicted molar refractivity (Wildman–Crippen MR) is 105 cm³/mol. The molecule has 0 rings (SSSR count). The van der Waals surface area contributed by atoms with Gasteiger partial charge in [0.1, 0.15) is 0 Å². The zero-order valence-corrected chi connectivity index (χ0v) is 19.5. The van der Waals surface area contributed by atoms with Crippen LogP contribution in [-0.4, -0.2) is 64.2 Å². The van der Waals surface area contributed by atoms with E-state index in [1.807, 2.05) is 26.6 Å². The van der Waals surface area contributed by atoms with E-state index in [0.29, 0.717) is 6.61 Å². The summed E-state index contributed by atoms with van der Waals surface area (Å²) in [5, 5.41) is 0. The van der Waals surface area contributed by atoms with Gasteiger partial charge in [-0.2, -0.15) is 9.59 Å². The third-order valence-electron chi connectivity index (χ3n) is 0.934. The van der Waals surface area contributed by atoms with Crippen LogP contribution in [0.1, 0.15) is 14.4 Å². The molecule has 0 unspecified atom stereocenters. The van der Waals surface area contributed by atoms with E-state index in [9.17, 15) is 13.7 Å². The van der Waals surface area contributed by atoms with Gasteiger partial charge in [0, 0.05) is 33.3 Å². The highest BCUT2D eigenvalue weighted by molar-refractivity contribution is 7.58. The van der Waals surface area contributed by atoms with Crippen LogP contribution in [0.4, 0.5) is 0 Å². The second-order valence-corrected chi connectivity index (χ2v) is 17.9. The molecule has 0 aromatic carbocycles. The molecule has 0 heterocycles. The molecule has 0 aliphatic rings. The van der Waals surface area contributed by atoms with Gasteiger partial charge < -0.3 is 18.5 Å². The predicted octanol–water partition coefficient (Wildman–Crippen LogP) is 3.78. The van der Waals surface area contributed by atoms with Crippen LogP contribution in [0.2, 0.25) is 19.6 Å². The molecule has 25 heavy (non-hydrogen) atoms. The molecule has 0 aliphatic heterocycles. The fourth-order valence-electron chi connectivity index (χ4n) is 0.970. The maximum Gasteiger partial charge on any atom is 0.373 e. The smallest absolute Gasteiger partial charge is 0.371 e. The summed E-state index contributed by atoms with van der Waals surface area (Å²) in [6.45, 7) is 15.9. The van der Waals surface area contributed by atoms with E-state index in [4.69, 9.17) is 28.1 Å². The van der Waals surface area contributed by atoms with Crippen molar-refractivity contribution in [2.75, 3.05) is 39.9 Å². The summed E-state index contributed by atoms with van der Waals surface area (Å²) in [6, 6.07) is 0. The average molecular weight is 444 g/mol. The Bertz CT molecular complexity index is 470. The summed E-state index contributed by atoms with van der Waals surface area (Å²) in [4.78, 5) is 31.5. The van der Waals surface area contributed by atoms with E-state index in [-0.39, 0.29) is 13.6 Å². The lowest BCUT2D eigenvalue weighted by Gasteiger charge is -2.20. The molecule has 0 bridgehead atoms. The molecule has 0 amide bonds. The van der Waals surface area contributed by atoms with Gasteiger partial charge in [-0.3, -0.25) is 13.7 Å². The van der Waals surface area contributed by atoms with E-state index in [0.717, 1.165) is 6.66 Å². The SMILES string of the molecule is C.CCOP(C)(C)=O.CP(=O)(O)O.C[Si](C)(C)OP(C)(C)=O.O=C=O. The van der Waals surface area contributed by atoms with E-state index in [1.165, 1.54) is 0 Å². The van der Waals surface area contributed by atoms with Crippen molar-refractivity contribution in [3.8, 4) is 0 Å². The monoisotopic (exact) mass is 444 g/mol. The third-order valence-corrected chi connectivity index (χ3v) is 5.76. The maximum atomic E-state index is 11.0. The molecule has 0 saturated heterocycles. The third kappa shape index (κ3) is 115. The fourth-order valence-corrected chi connectivity index (χ4v) is 6.87. The molecule has 9 nitrogen and oxygen atoms in total. The zero-order valence-electron chi connectivity index (χ0n) is 15.8. The Kier molecular flexibility index (Phi) is 23.6. The van der Waals surface area contributed by atoms with Crippen molar-refractivity contribution in [1.29, 1.82) is 0 Å². The van der Waals surface area contributed by atoms with Crippen LogP contribution in [-0.2, 0) is 32.0 Å². The highest BCUT2D eigenvalue weighted by atomic mass is 31.2. The minimum absolute atomic E-state index is 0. The van der Waals surface area contributed by atoms with Gasteiger partial charge in [-0.15, -0.1) is 0 Å². The first-order valence-electron chi connectivity index (χ1n) is 6.66. The second kappa shape index (κ2) is 16.3. The summed E-state index contributed by atoms with van der Waals surface area (Å²) in [5.74, 6) is 0. The van der Waals surface area contributed by atoms with Crippen LogP contribution in [0.3, 0.4) is 0 Å². The number of hydrogen-bond donors (Lipinski definition) is 2. The van der Waals surface area contributed by atoms with Crippen molar-refractivity contribution < 1.29 is 41.8 Å². The Morgan fingerprint density at radius 1 is 0.880 bits per heavy atom. The van der Waals surface area contributed by atoms with E-state index in [1.54, 1.807) is 26.7 Å². The van der Waals surface area contributed by atoms with Crippen LogP contribution in [0.15, 0.2) is 0 Å². The summed E-state index contributed by atoms with van der Waals surface area (Å²) >= 11 is 0. The quantitative estimate of drug-likeness (QED) is 0.489. The summed E-state index contributed by atoms with van der Waals surface area (Å²) < 4.78 is 41.1. The minimum atomic E-state index is -3.64. The van der Waals surface area contributed by atoms with Crippen LogP contribution in [0.5, 0.6) is 0 Å². The van der Waals surface area contributed by atoms with Gasteiger partial charge in [-0.25, -0.2) is 0 Å². The molecule has 0 spiro atoms. The number of hydrogen-bond acceptors (Lipinski definition) is 7. The molecule has 0 radical (unpaired) electrons. The van der Waals surface area contributed by atoms with Gasteiger partial charge in [0.25, 0.3) is 0 Å². The highest BCUT2D eigenvalue weighted by Crippen LogP contribution is 2.40. The van der Waals surface area contributed by atoms with Gasteiger partial charge in [0.15, 0.2) is 23.1 Å². The van der Waals surface area contributed by atoms with Crippen LogP contribution < -0.4 is 0 Å². The molecule has 156 valence electrons. The largest absolute Gasteiger partial charge is 0.373 e. The molecule has 13 heteroatoms. The molecule has 0 fully saturated rings. The Morgan fingerprint density at radius 2 is 1.12 bits per heavy atom. The number of rotatable bonds is 4. The lowest BCUT2D eigenvalue weighted by Crippen LogP contribution is -2.22. The van der Waals surface area contributed by atoms with E-state index in [2.05, 4.69) is 0 Å². The number of carbonyl (C=O) groups excluding carboxylic acids is 2. The first-order valence-corrected chi connectivity index (χ1v) is 17.2. The molecule has 0 atom stereocenters. The summed E-state index contributed by atoms with van der Waals surface area (Å²) in [7, 11) is -9.59. The molecule has 0 aliphatic carbocycles. The molecular formula is C12H35O9P3Si. The Balaban J connectivity index is -0.0000000749. The lowest BCUT2D eigenvalue weighted by molar-refractivity contribution is -0.191. The molecule has 0 aromatic heterocycles. The van der Waals surface area contributed by atoms with Crippen molar-refractivity contribution in [3.63, 3.8) is 0 Å². The van der Waals surface area contributed by atoms with Crippen molar-refractivity contribution in [2.24, 2.45) is 0 Å². The van der Waals surface area contributed by atoms with Gasteiger partial charge in [0.05, 0.1) is 6.61 Å². The molecule has 0 saturated carbocycles. The van der Waals surface area contributed by atoms with Gasteiger partial charge >= 0.3 is 13.7 Å². The lowest BCUT2D eigenvalue weighted by atomic mass is 10.9. The maximum absolute atomic E-state index is 11.0. The zero-order chi connectivity index (χ0) is 20.8. The van der Waals surface area contributed by atoms with Gasteiger partial charge in [0.2, 0.25) is 0 Å². The van der Waals surface area contributed by atoms with E-state index < -0.39 is 30.7 Å².